The molecule has 0 spiro atoms. The van der Waals surface area contributed by atoms with Gasteiger partial charge in [0.1, 0.15) is 0 Å². The van der Waals surface area contributed by atoms with Crippen LogP contribution in [0, 0.1) is 0 Å². The fourth-order valence-electron chi connectivity index (χ4n) is 2.32. The third-order valence-corrected chi connectivity index (χ3v) is 4.39. The zero-order valence-corrected chi connectivity index (χ0v) is 10.9. The maximum absolute atomic E-state index is 4.18. The minimum Gasteiger partial charge on any atom is -0.158 e. The molecule has 0 atom stereocenters. The quantitative estimate of drug-likeness (QED) is 0.504. The van der Waals surface area contributed by atoms with Crippen LogP contribution in [0.15, 0.2) is 60.8 Å². The van der Waals surface area contributed by atoms with Crippen LogP contribution >= 0.6 is 11.3 Å². The summed E-state index contributed by atoms with van der Waals surface area (Å²) in [7, 11) is 0. The molecular formula is C16H10N2S. The fraction of sp³-hybridized carbons (Fsp3) is 0. The number of rotatable bonds is 1. The molecule has 2 aromatic heterocycles. The molecule has 0 amide bonds. The van der Waals surface area contributed by atoms with Gasteiger partial charge in [-0.15, -0.1) is 11.3 Å². The Bertz CT molecular complexity index is 842. The number of nitrogens with zero attached hydrogens (tertiary/aromatic N) is 2. The van der Waals surface area contributed by atoms with Gasteiger partial charge in [0.05, 0.1) is 11.7 Å². The molecule has 19 heavy (non-hydrogen) atoms. The summed E-state index contributed by atoms with van der Waals surface area (Å²) in [4.78, 5) is 1.24. The smallest absolute Gasteiger partial charge is 0.0936 e. The molecule has 0 radical (unpaired) electrons. The first-order valence-corrected chi connectivity index (χ1v) is 6.93. The molecule has 0 saturated carbocycles. The molecule has 0 bridgehead atoms. The Balaban J connectivity index is 2.03. The lowest BCUT2D eigenvalue weighted by Gasteiger charge is -2.01. The van der Waals surface area contributed by atoms with Crippen molar-refractivity contribution in [3.8, 4) is 10.4 Å². The van der Waals surface area contributed by atoms with Crippen molar-refractivity contribution in [2.24, 2.45) is 0 Å². The average molecular weight is 262 g/mol. The first kappa shape index (κ1) is 10.6. The third kappa shape index (κ3) is 1.71. The molecule has 0 aliphatic heterocycles. The van der Waals surface area contributed by atoms with Gasteiger partial charge in [0, 0.05) is 20.5 Å². The molecular weight excluding hydrogens is 252 g/mol. The lowest BCUT2D eigenvalue weighted by atomic mass is 10.1. The van der Waals surface area contributed by atoms with E-state index in [1.165, 1.54) is 15.0 Å². The van der Waals surface area contributed by atoms with E-state index in [0.29, 0.717) is 0 Å². The van der Waals surface area contributed by atoms with Crippen molar-refractivity contribution in [2.45, 2.75) is 0 Å². The van der Waals surface area contributed by atoms with Gasteiger partial charge in [-0.3, -0.25) is 0 Å². The molecule has 0 N–H and O–H groups in total. The van der Waals surface area contributed by atoms with Crippen LogP contribution in [0.1, 0.15) is 0 Å². The van der Waals surface area contributed by atoms with Gasteiger partial charge in [-0.05, 0) is 23.6 Å². The minimum atomic E-state index is 0.942. The summed E-state index contributed by atoms with van der Waals surface area (Å²) >= 11 is 1.80. The van der Waals surface area contributed by atoms with Crippen LogP contribution in [-0.2, 0) is 0 Å². The molecule has 0 aliphatic rings. The number of hydrogen-bond donors (Lipinski definition) is 0. The van der Waals surface area contributed by atoms with E-state index in [4.69, 9.17) is 0 Å². The summed E-state index contributed by atoms with van der Waals surface area (Å²) in [5, 5.41) is 10.7. The van der Waals surface area contributed by atoms with Crippen molar-refractivity contribution in [1.82, 2.24) is 10.2 Å². The first-order valence-electron chi connectivity index (χ1n) is 6.11. The number of fused-ring (bicyclic) bond motifs is 2. The highest BCUT2D eigenvalue weighted by atomic mass is 32.1. The maximum atomic E-state index is 4.18. The maximum Gasteiger partial charge on any atom is 0.0936 e. The molecule has 3 heteroatoms. The van der Waals surface area contributed by atoms with E-state index in [0.717, 1.165) is 16.5 Å². The van der Waals surface area contributed by atoms with Gasteiger partial charge in [-0.1, -0.05) is 36.4 Å². The van der Waals surface area contributed by atoms with Gasteiger partial charge in [0.25, 0.3) is 0 Å². The normalized spacial score (nSPS) is 11.2. The number of thiophene rings is 1. The van der Waals surface area contributed by atoms with Crippen LogP contribution in [0.4, 0.5) is 0 Å². The lowest BCUT2D eigenvalue weighted by molar-refractivity contribution is 1.08. The Morgan fingerprint density at radius 1 is 0.895 bits per heavy atom. The minimum absolute atomic E-state index is 0.942. The zero-order valence-electron chi connectivity index (χ0n) is 10.1. The second kappa shape index (κ2) is 4.14. The van der Waals surface area contributed by atoms with Crippen LogP contribution in [0.25, 0.3) is 31.4 Å². The van der Waals surface area contributed by atoms with E-state index in [-0.39, 0.29) is 0 Å². The predicted molar refractivity (Wildman–Crippen MR) is 80.4 cm³/mol. The summed E-state index contributed by atoms with van der Waals surface area (Å²) in [5.74, 6) is 0. The second-order valence-corrected chi connectivity index (χ2v) is 5.51. The highest BCUT2D eigenvalue weighted by molar-refractivity contribution is 7.22. The summed E-state index contributed by atoms with van der Waals surface area (Å²) in [6.45, 7) is 0. The van der Waals surface area contributed by atoms with E-state index in [1.54, 1.807) is 11.3 Å². The van der Waals surface area contributed by atoms with Crippen LogP contribution in [0.5, 0.6) is 0 Å². The van der Waals surface area contributed by atoms with Crippen molar-refractivity contribution in [3.05, 3.63) is 60.8 Å². The van der Waals surface area contributed by atoms with Crippen molar-refractivity contribution < 1.29 is 0 Å². The number of hydrogen-bond acceptors (Lipinski definition) is 3. The molecule has 4 aromatic rings. The molecule has 0 fully saturated rings. The van der Waals surface area contributed by atoms with E-state index >= 15 is 0 Å². The Morgan fingerprint density at radius 3 is 2.68 bits per heavy atom. The molecule has 2 aromatic carbocycles. The van der Waals surface area contributed by atoms with Crippen molar-refractivity contribution in [3.63, 3.8) is 0 Å². The lowest BCUT2D eigenvalue weighted by Crippen LogP contribution is -1.85. The van der Waals surface area contributed by atoms with Crippen molar-refractivity contribution in [1.29, 1.82) is 0 Å². The highest BCUT2D eigenvalue weighted by Crippen LogP contribution is 2.35. The molecule has 2 nitrogen and oxygen atoms in total. The average Bonchev–Trinajstić information content (AvgIpc) is 2.90. The largest absolute Gasteiger partial charge is 0.158 e. The van der Waals surface area contributed by atoms with Crippen LogP contribution in [0.3, 0.4) is 0 Å². The van der Waals surface area contributed by atoms with Crippen molar-refractivity contribution >= 4 is 32.3 Å². The molecule has 0 saturated heterocycles. The van der Waals surface area contributed by atoms with E-state index in [1.807, 2.05) is 24.4 Å². The van der Waals surface area contributed by atoms with Crippen LogP contribution in [0.2, 0.25) is 0 Å². The Kier molecular flexibility index (Phi) is 2.32. The molecule has 4 rings (SSSR count). The summed E-state index contributed by atoms with van der Waals surface area (Å²) in [5.41, 5.74) is 2.10. The monoisotopic (exact) mass is 262 g/mol. The van der Waals surface area contributed by atoms with Crippen molar-refractivity contribution in [2.75, 3.05) is 0 Å². The van der Waals surface area contributed by atoms with E-state index in [2.05, 4.69) is 46.6 Å². The van der Waals surface area contributed by atoms with Gasteiger partial charge < -0.3 is 0 Å². The van der Waals surface area contributed by atoms with Gasteiger partial charge in [-0.25, -0.2) is 0 Å². The standard InChI is InChI=1S/C16H10N2S/c1-4-8-15-11(5-1)9-16(19-15)13-10-17-18-14-7-3-2-6-12(13)14/h1-10H. The Morgan fingerprint density at radius 2 is 1.74 bits per heavy atom. The Labute approximate surface area is 114 Å². The molecule has 2 heterocycles. The predicted octanol–water partition coefficient (Wildman–Crippen LogP) is 4.51. The van der Waals surface area contributed by atoms with Gasteiger partial charge in [-0.2, -0.15) is 10.2 Å². The highest BCUT2D eigenvalue weighted by Gasteiger charge is 2.08. The Hall–Kier alpha value is -2.26. The topological polar surface area (TPSA) is 25.8 Å². The van der Waals surface area contributed by atoms with Gasteiger partial charge >= 0.3 is 0 Å². The summed E-state index contributed by atoms with van der Waals surface area (Å²) in [6, 6.07) is 18.8. The van der Waals surface area contributed by atoms with E-state index in [9.17, 15) is 0 Å². The molecule has 0 unspecified atom stereocenters. The SMILES string of the molecule is c1ccc2sc(-c3cnnc4ccccc34)cc2c1. The van der Waals surface area contributed by atoms with Gasteiger partial charge in [0.15, 0.2) is 0 Å². The third-order valence-electron chi connectivity index (χ3n) is 3.24. The zero-order chi connectivity index (χ0) is 12.7. The van der Waals surface area contributed by atoms with Crippen LogP contribution in [-0.4, -0.2) is 10.2 Å². The van der Waals surface area contributed by atoms with Crippen LogP contribution < -0.4 is 0 Å². The van der Waals surface area contributed by atoms with Gasteiger partial charge in [0.2, 0.25) is 0 Å². The first-order chi connectivity index (χ1) is 9.42. The molecule has 90 valence electrons. The number of benzene rings is 2. The van der Waals surface area contributed by atoms with E-state index < -0.39 is 0 Å². The molecule has 0 aliphatic carbocycles. The number of aromatic nitrogens is 2. The second-order valence-electron chi connectivity index (χ2n) is 4.42. The fourth-order valence-corrected chi connectivity index (χ4v) is 3.40. The summed E-state index contributed by atoms with van der Waals surface area (Å²) < 4.78 is 1.30. The summed E-state index contributed by atoms with van der Waals surface area (Å²) in [6.07, 6.45) is 1.85.